The number of carbonyl (C=O) groups excluding carboxylic acids is 1. The molecule has 0 unspecified atom stereocenters. The van der Waals surface area contributed by atoms with Crippen molar-refractivity contribution in [1.29, 1.82) is 0 Å². The number of carboxylic acids is 1. The molecule has 1 heterocycles. The lowest BCUT2D eigenvalue weighted by atomic mass is 10.2. The molecule has 1 aromatic rings. The summed E-state index contributed by atoms with van der Waals surface area (Å²) in [5.41, 5.74) is -1.54. The Morgan fingerprint density at radius 3 is 2.25 bits per heavy atom. The molecule has 0 radical (unpaired) electrons. The Bertz CT molecular complexity index is 386. The third-order valence-electron chi connectivity index (χ3n) is 1.34. The zero-order valence-corrected chi connectivity index (χ0v) is 6.17. The molecule has 0 atom stereocenters. The summed E-state index contributed by atoms with van der Waals surface area (Å²) in [6.45, 7) is 1.17. The average molecular weight is 170 g/mol. The summed E-state index contributed by atoms with van der Waals surface area (Å²) >= 11 is 0. The Labute approximate surface area is 66.2 Å². The summed E-state index contributed by atoms with van der Waals surface area (Å²) in [6, 6.07) is 0. The van der Waals surface area contributed by atoms with Crippen molar-refractivity contribution >= 4 is 11.8 Å². The molecule has 64 valence electrons. The Balaban J connectivity index is 3.41. The predicted molar refractivity (Wildman–Crippen MR) is 38.4 cm³/mol. The van der Waals surface area contributed by atoms with Crippen LogP contribution >= 0.6 is 0 Å². The van der Waals surface area contributed by atoms with Crippen LogP contribution in [0.1, 0.15) is 27.8 Å². The quantitative estimate of drug-likeness (QED) is 0.525. The minimum absolute atomic E-state index is 0.201. The third kappa shape index (κ3) is 1.14. The summed E-state index contributed by atoms with van der Waals surface area (Å²) < 4.78 is 0. The molecule has 0 saturated carbocycles. The molecular formula is C6H6N2O4. The van der Waals surface area contributed by atoms with Crippen molar-refractivity contribution in [3.63, 3.8) is 0 Å². The molecule has 1 rings (SSSR count). The standard InChI is InChI=1S/C6H6N2O4/c1-2(9)4-3(6(11)12)5(10)8-7-4/h1H3,(H,11,12)(H2,7,8,10). The number of hydrogen-bond donors (Lipinski definition) is 3. The number of aromatic nitrogens is 2. The largest absolute Gasteiger partial charge is 0.477 e. The fourth-order valence-corrected chi connectivity index (χ4v) is 0.826. The van der Waals surface area contributed by atoms with Gasteiger partial charge in [0.2, 0.25) is 0 Å². The van der Waals surface area contributed by atoms with Gasteiger partial charge in [0.25, 0.3) is 5.56 Å². The van der Waals surface area contributed by atoms with E-state index in [4.69, 9.17) is 5.11 Å². The minimum Gasteiger partial charge on any atom is -0.477 e. The minimum atomic E-state index is -1.41. The van der Waals surface area contributed by atoms with Gasteiger partial charge in [-0.25, -0.2) is 4.79 Å². The van der Waals surface area contributed by atoms with Gasteiger partial charge in [-0.3, -0.25) is 19.8 Å². The van der Waals surface area contributed by atoms with E-state index in [0.717, 1.165) is 0 Å². The van der Waals surface area contributed by atoms with Crippen LogP contribution in [0.3, 0.4) is 0 Å². The van der Waals surface area contributed by atoms with E-state index in [1.54, 1.807) is 0 Å². The number of carbonyl (C=O) groups is 2. The van der Waals surface area contributed by atoms with Gasteiger partial charge in [-0.15, -0.1) is 0 Å². The summed E-state index contributed by atoms with van der Waals surface area (Å²) in [6.07, 6.45) is 0. The zero-order chi connectivity index (χ0) is 9.30. The summed E-state index contributed by atoms with van der Waals surface area (Å²) in [5.74, 6) is -1.91. The molecule has 0 aliphatic rings. The van der Waals surface area contributed by atoms with Crippen LogP contribution in [-0.2, 0) is 0 Å². The van der Waals surface area contributed by atoms with Gasteiger partial charge in [0.15, 0.2) is 11.3 Å². The van der Waals surface area contributed by atoms with Crippen LogP contribution in [0.25, 0.3) is 0 Å². The molecule has 0 spiro atoms. The molecule has 1 aromatic heterocycles. The first-order valence-electron chi connectivity index (χ1n) is 3.09. The molecule has 0 fully saturated rings. The monoisotopic (exact) mass is 170 g/mol. The van der Waals surface area contributed by atoms with Gasteiger partial charge >= 0.3 is 5.97 Å². The van der Waals surface area contributed by atoms with Gasteiger partial charge in [0, 0.05) is 6.92 Å². The lowest BCUT2D eigenvalue weighted by Crippen LogP contribution is -2.14. The van der Waals surface area contributed by atoms with E-state index in [2.05, 4.69) is 5.10 Å². The van der Waals surface area contributed by atoms with Gasteiger partial charge in [-0.05, 0) is 0 Å². The van der Waals surface area contributed by atoms with Crippen LogP contribution in [0, 0.1) is 0 Å². The second-order valence-electron chi connectivity index (χ2n) is 2.19. The number of nitrogens with one attached hydrogen (secondary N) is 2. The molecule has 0 aliphatic carbocycles. The fourth-order valence-electron chi connectivity index (χ4n) is 0.826. The van der Waals surface area contributed by atoms with E-state index in [-0.39, 0.29) is 5.69 Å². The number of Topliss-reactive ketones (excluding diaryl/α,β-unsaturated/α-hetero) is 1. The van der Waals surface area contributed by atoms with E-state index in [1.807, 2.05) is 5.10 Å². The Hall–Kier alpha value is -1.85. The molecular weight excluding hydrogens is 164 g/mol. The Morgan fingerprint density at radius 1 is 1.33 bits per heavy atom. The molecule has 0 aromatic carbocycles. The van der Waals surface area contributed by atoms with Crippen molar-refractivity contribution in [2.24, 2.45) is 0 Å². The maximum absolute atomic E-state index is 10.8. The Morgan fingerprint density at radius 2 is 1.92 bits per heavy atom. The predicted octanol–water partition coefficient (Wildman–Crippen LogP) is -0.396. The molecule has 0 bridgehead atoms. The van der Waals surface area contributed by atoms with E-state index in [1.165, 1.54) is 6.92 Å². The van der Waals surface area contributed by atoms with E-state index in [0.29, 0.717) is 0 Å². The van der Waals surface area contributed by atoms with Crippen LogP contribution in [0.15, 0.2) is 4.79 Å². The van der Waals surface area contributed by atoms with Crippen molar-refractivity contribution in [3.8, 4) is 0 Å². The molecule has 12 heavy (non-hydrogen) atoms. The lowest BCUT2D eigenvalue weighted by Gasteiger charge is -1.89. The van der Waals surface area contributed by atoms with Crippen molar-refractivity contribution in [1.82, 2.24) is 10.2 Å². The summed E-state index contributed by atoms with van der Waals surface area (Å²) in [5, 5.41) is 12.7. The fraction of sp³-hybridized carbons (Fsp3) is 0.167. The number of aromatic amines is 2. The molecule has 0 saturated heterocycles. The number of rotatable bonds is 2. The van der Waals surface area contributed by atoms with Crippen LogP contribution in [0.2, 0.25) is 0 Å². The van der Waals surface area contributed by atoms with Crippen molar-refractivity contribution in [2.75, 3.05) is 0 Å². The SMILES string of the molecule is CC(=O)c1[nH][nH]c(=O)c1C(=O)O. The highest BCUT2D eigenvalue weighted by molar-refractivity contribution is 6.02. The first-order valence-corrected chi connectivity index (χ1v) is 3.09. The number of aromatic carboxylic acids is 1. The second-order valence-corrected chi connectivity index (χ2v) is 2.19. The topological polar surface area (TPSA) is 103 Å². The highest BCUT2D eigenvalue weighted by Crippen LogP contribution is 1.99. The number of ketones is 1. The molecule has 0 aliphatic heterocycles. The van der Waals surface area contributed by atoms with Gasteiger partial charge < -0.3 is 5.11 Å². The van der Waals surface area contributed by atoms with E-state index >= 15 is 0 Å². The summed E-state index contributed by atoms with van der Waals surface area (Å²) in [4.78, 5) is 31.9. The van der Waals surface area contributed by atoms with Gasteiger partial charge in [0.1, 0.15) is 5.69 Å². The van der Waals surface area contributed by atoms with Gasteiger partial charge in [-0.2, -0.15) is 0 Å². The maximum atomic E-state index is 10.8. The lowest BCUT2D eigenvalue weighted by molar-refractivity contribution is 0.0691. The van der Waals surface area contributed by atoms with Crippen LogP contribution in [0.4, 0.5) is 0 Å². The van der Waals surface area contributed by atoms with E-state index < -0.39 is 22.9 Å². The van der Waals surface area contributed by atoms with E-state index in [9.17, 15) is 14.4 Å². The molecule has 6 heteroatoms. The maximum Gasteiger partial charge on any atom is 0.343 e. The smallest absolute Gasteiger partial charge is 0.343 e. The van der Waals surface area contributed by atoms with Crippen molar-refractivity contribution in [3.05, 3.63) is 21.6 Å². The highest BCUT2D eigenvalue weighted by atomic mass is 16.4. The first kappa shape index (κ1) is 8.25. The highest BCUT2D eigenvalue weighted by Gasteiger charge is 2.19. The number of H-pyrrole nitrogens is 2. The van der Waals surface area contributed by atoms with Gasteiger partial charge in [0.05, 0.1) is 0 Å². The normalized spacial score (nSPS) is 9.75. The average Bonchev–Trinajstić information content (AvgIpc) is 2.30. The van der Waals surface area contributed by atoms with Crippen LogP contribution in [-0.4, -0.2) is 27.1 Å². The molecule has 3 N–H and O–H groups in total. The molecule has 0 amide bonds. The Kier molecular flexibility index (Phi) is 1.82. The van der Waals surface area contributed by atoms with Crippen molar-refractivity contribution in [2.45, 2.75) is 6.92 Å². The number of carboxylic acid groups (broad SMARTS) is 1. The first-order chi connectivity index (χ1) is 5.54. The third-order valence-corrected chi connectivity index (χ3v) is 1.34. The zero-order valence-electron chi connectivity index (χ0n) is 6.17. The van der Waals surface area contributed by atoms with Crippen molar-refractivity contribution < 1.29 is 14.7 Å². The van der Waals surface area contributed by atoms with Gasteiger partial charge in [-0.1, -0.05) is 0 Å². The van der Waals surface area contributed by atoms with Crippen LogP contribution < -0.4 is 5.56 Å². The van der Waals surface area contributed by atoms with Crippen LogP contribution in [0.5, 0.6) is 0 Å². The molecule has 6 nitrogen and oxygen atoms in total. The summed E-state index contributed by atoms with van der Waals surface area (Å²) in [7, 11) is 0. The second kappa shape index (κ2) is 2.65. The number of hydrogen-bond acceptors (Lipinski definition) is 3.